The molecule has 2 bridgehead atoms. The summed E-state index contributed by atoms with van der Waals surface area (Å²) in [6.45, 7) is 4.80. The molecule has 0 aliphatic heterocycles. The summed E-state index contributed by atoms with van der Waals surface area (Å²) in [5.41, 5.74) is 3.10. The second-order valence-corrected chi connectivity index (χ2v) is 14.0. The number of benzene rings is 1. The molecule has 0 saturated heterocycles. The minimum absolute atomic E-state index is 0.00643. The molecule has 2 aliphatic carbocycles. The second kappa shape index (κ2) is 10.3. The van der Waals surface area contributed by atoms with E-state index in [1.165, 1.54) is 24.5 Å². The molecule has 0 unspecified atom stereocenters. The highest BCUT2D eigenvalue weighted by Gasteiger charge is 2.65. The Labute approximate surface area is 243 Å². The molecule has 1 aromatic carbocycles. The van der Waals surface area contributed by atoms with Crippen LogP contribution in [-0.4, -0.2) is 64.1 Å². The lowest BCUT2D eigenvalue weighted by Gasteiger charge is -2.37. The van der Waals surface area contributed by atoms with E-state index in [1.54, 1.807) is 30.3 Å². The first-order chi connectivity index (χ1) is 20.0. The van der Waals surface area contributed by atoms with Crippen molar-refractivity contribution in [3.63, 3.8) is 0 Å². The summed E-state index contributed by atoms with van der Waals surface area (Å²) in [6, 6.07) is 7.43. The molecule has 2 aliphatic rings. The van der Waals surface area contributed by atoms with Gasteiger partial charge in [-0.15, -0.1) is 5.10 Å². The molecular formula is C30H32F2N6O3S. The average molecular weight is 595 g/mol. The van der Waals surface area contributed by atoms with Gasteiger partial charge in [0.05, 0.1) is 46.1 Å². The molecule has 42 heavy (non-hydrogen) atoms. The van der Waals surface area contributed by atoms with Crippen molar-refractivity contribution in [2.45, 2.75) is 50.9 Å². The molecular weight excluding hydrogens is 562 g/mol. The van der Waals surface area contributed by atoms with Crippen molar-refractivity contribution in [2.24, 2.45) is 5.41 Å². The molecule has 4 aromatic rings. The van der Waals surface area contributed by atoms with Gasteiger partial charge in [0, 0.05) is 32.2 Å². The van der Waals surface area contributed by atoms with E-state index in [2.05, 4.69) is 29.0 Å². The predicted molar refractivity (Wildman–Crippen MR) is 152 cm³/mol. The Hall–Kier alpha value is -3.64. The highest BCUT2D eigenvalue weighted by molar-refractivity contribution is 7.90. The van der Waals surface area contributed by atoms with Crippen LogP contribution in [0.15, 0.2) is 42.7 Å². The van der Waals surface area contributed by atoms with E-state index in [4.69, 9.17) is 14.8 Å². The van der Waals surface area contributed by atoms with Crippen LogP contribution in [0, 0.1) is 17.0 Å². The molecule has 220 valence electrons. The maximum absolute atomic E-state index is 14.6. The van der Waals surface area contributed by atoms with Crippen LogP contribution < -0.4 is 0 Å². The maximum atomic E-state index is 14.6. The summed E-state index contributed by atoms with van der Waals surface area (Å²) in [4.78, 5) is 9.49. The van der Waals surface area contributed by atoms with Crippen molar-refractivity contribution in [3.05, 3.63) is 82.6 Å². The van der Waals surface area contributed by atoms with Gasteiger partial charge in [-0.25, -0.2) is 31.8 Å². The highest BCUT2D eigenvalue weighted by Crippen LogP contribution is 2.69. The summed E-state index contributed by atoms with van der Waals surface area (Å²) in [5, 5.41) is 13.6. The van der Waals surface area contributed by atoms with Crippen molar-refractivity contribution < 1.29 is 21.9 Å². The maximum Gasteiger partial charge on any atom is 0.250 e. The number of rotatable bonds is 9. The highest BCUT2D eigenvalue weighted by atomic mass is 32.2. The average Bonchev–Trinajstić information content (AvgIpc) is 3.54. The molecule has 0 radical (unpaired) electrons. The van der Waals surface area contributed by atoms with Crippen LogP contribution >= 0.6 is 0 Å². The summed E-state index contributed by atoms with van der Waals surface area (Å²) in [7, 11) is -1.56. The Morgan fingerprint density at radius 2 is 1.88 bits per heavy atom. The molecule has 2 atom stereocenters. The van der Waals surface area contributed by atoms with Crippen LogP contribution in [-0.2, 0) is 32.8 Å². The van der Waals surface area contributed by atoms with Gasteiger partial charge in [-0.05, 0) is 66.0 Å². The summed E-state index contributed by atoms with van der Waals surface area (Å²) < 4.78 is 59.7. The van der Waals surface area contributed by atoms with Crippen LogP contribution in [0.25, 0.3) is 17.2 Å². The number of fused-ring (bicyclic) bond motifs is 5. The molecule has 6 rings (SSSR count). The number of hydrogen-bond acceptors (Lipinski definition) is 8. The summed E-state index contributed by atoms with van der Waals surface area (Å²) in [6.07, 6.45) is 7.19. The Bertz CT molecular complexity index is 1770. The Morgan fingerprint density at radius 1 is 1.12 bits per heavy atom. The van der Waals surface area contributed by atoms with Gasteiger partial charge in [0.2, 0.25) is 0 Å². The first-order valence-electron chi connectivity index (χ1n) is 13.9. The van der Waals surface area contributed by atoms with Crippen LogP contribution in [0.3, 0.4) is 0 Å². The predicted octanol–water partition coefficient (Wildman–Crippen LogP) is 4.38. The normalized spacial score (nSPS) is 20.7. The van der Waals surface area contributed by atoms with Crippen molar-refractivity contribution in [1.82, 2.24) is 29.9 Å². The minimum Gasteiger partial charge on any atom is -0.384 e. The minimum atomic E-state index is -3.16. The van der Waals surface area contributed by atoms with E-state index >= 15 is 0 Å². The van der Waals surface area contributed by atoms with Gasteiger partial charge >= 0.3 is 0 Å². The summed E-state index contributed by atoms with van der Waals surface area (Å²) in [5.74, 6) is -0.893. The number of hydrogen-bond donors (Lipinski definition) is 0. The molecule has 9 nitrogen and oxygen atoms in total. The molecule has 1 saturated carbocycles. The monoisotopic (exact) mass is 594 g/mol. The van der Waals surface area contributed by atoms with E-state index in [0.717, 1.165) is 41.1 Å². The number of aromatic nitrogens is 6. The number of ether oxygens (including phenoxy) is 1. The van der Waals surface area contributed by atoms with Crippen LogP contribution in [0.5, 0.6) is 0 Å². The molecule has 3 heterocycles. The Balaban J connectivity index is 1.42. The van der Waals surface area contributed by atoms with Gasteiger partial charge in [0.1, 0.15) is 21.5 Å². The zero-order chi connectivity index (χ0) is 29.9. The van der Waals surface area contributed by atoms with Gasteiger partial charge in [-0.3, -0.25) is 0 Å². The Morgan fingerprint density at radius 3 is 2.60 bits per heavy atom. The lowest BCUT2D eigenvalue weighted by Crippen LogP contribution is -2.38. The smallest absolute Gasteiger partial charge is 0.250 e. The SMILES string of the molecule is COCCc1nn(-c2nccc([C@]34CC[C@@H](c5cc(-c6c(F)cccc6F)nnc53)C4(C)C)n2)cc1CCS(C)(=O)=O. The first kappa shape index (κ1) is 28.5. The van der Waals surface area contributed by atoms with Crippen LogP contribution in [0.2, 0.25) is 0 Å². The lowest BCUT2D eigenvalue weighted by atomic mass is 9.66. The van der Waals surface area contributed by atoms with Crippen molar-refractivity contribution >= 4 is 9.84 Å². The number of halogens is 2. The lowest BCUT2D eigenvalue weighted by molar-refractivity contribution is 0.201. The van der Waals surface area contributed by atoms with Crippen LogP contribution in [0.1, 0.15) is 60.8 Å². The van der Waals surface area contributed by atoms with Gasteiger partial charge in [0.15, 0.2) is 0 Å². The third-order valence-corrected chi connectivity index (χ3v) is 9.99. The van der Waals surface area contributed by atoms with Crippen molar-refractivity contribution in [1.29, 1.82) is 0 Å². The fourth-order valence-electron chi connectivity index (χ4n) is 6.91. The fraction of sp³-hybridized carbons (Fsp3) is 0.433. The van der Waals surface area contributed by atoms with Gasteiger partial charge in [-0.1, -0.05) is 19.9 Å². The molecule has 0 amide bonds. The second-order valence-electron chi connectivity index (χ2n) is 11.8. The number of sulfone groups is 1. The third kappa shape index (κ3) is 4.51. The number of nitrogens with zero attached hydrogens (tertiary/aromatic N) is 6. The zero-order valence-corrected chi connectivity index (χ0v) is 24.8. The quantitative estimate of drug-likeness (QED) is 0.281. The topological polar surface area (TPSA) is 113 Å². The number of methoxy groups -OCH3 is 1. The van der Waals surface area contributed by atoms with Crippen molar-refractivity contribution in [3.8, 4) is 17.2 Å². The molecule has 0 spiro atoms. The van der Waals surface area contributed by atoms with E-state index in [0.29, 0.717) is 25.4 Å². The largest absolute Gasteiger partial charge is 0.384 e. The van der Waals surface area contributed by atoms with E-state index in [9.17, 15) is 17.2 Å². The van der Waals surface area contributed by atoms with E-state index in [1.807, 2.05) is 6.07 Å². The first-order valence-corrected chi connectivity index (χ1v) is 15.9. The third-order valence-electron chi connectivity index (χ3n) is 9.05. The molecule has 1 fully saturated rings. The zero-order valence-electron chi connectivity index (χ0n) is 23.9. The van der Waals surface area contributed by atoms with Gasteiger partial charge in [-0.2, -0.15) is 10.2 Å². The number of aryl methyl sites for hydroxylation is 1. The Kier molecular flexibility index (Phi) is 6.96. The van der Waals surface area contributed by atoms with E-state index in [-0.39, 0.29) is 28.3 Å². The molecule has 12 heteroatoms. The van der Waals surface area contributed by atoms with Gasteiger partial charge < -0.3 is 4.74 Å². The molecule has 3 aromatic heterocycles. The fourth-order valence-corrected chi connectivity index (χ4v) is 7.51. The van der Waals surface area contributed by atoms with Crippen LogP contribution in [0.4, 0.5) is 8.78 Å². The van der Waals surface area contributed by atoms with Crippen molar-refractivity contribution in [2.75, 3.05) is 25.7 Å². The van der Waals surface area contributed by atoms with Gasteiger partial charge in [0.25, 0.3) is 5.95 Å². The standard InChI is InChI=1S/C30H32F2N6O3S/c1-29(2)20-8-12-30(29,27-19(20)16-24(35-36-27)26-21(31)6-5-7-22(26)32)25-9-13-33-28(34-25)38-17-18(11-15-42(4,39)40)23(37-38)10-14-41-3/h5-7,9,13,16-17,20H,8,10-12,14-15H2,1-4H3/t20-,30+/m0/s1. The molecule has 0 N–H and O–H groups in total. The summed E-state index contributed by atoms with van der Waals surface area (Å²) >= 11 is 0. The van der Waals surface area contributed by atoms with E-state index < -0.39 is 26.9 Å².